The molecule has 3 heterocycles. The molecule has 1 N–H and O–H groups in total. The maximum absolute atomic E-state index is 13.0. The molecule has 1 aliphatic rings. The Balaban J connectivity index is 1.36. The lowest BCUT2D eigenvalue weighted by Crippen LogP contribution is -2.49. The van der Waals surface area contributed by atoms with Crippen molar-refractivity contribution in [1.29, 1.82) is 0 Å². The van der Waals surface area contributed by atoms with Crippen molar-refractivity contribution in [3.05, 3.63) is 71.7 Å². The minimum atomic E-state index is -0.301. The summed E-state index contributed by atoms with van der Waals surface area (Å²) >= 11 is 0. The Morgan fingerprint density at radius 1 is 1.03 bits per heavy atom. The zero-order valence-corrected chi connectivity index (χ0v) is 18.1. The Morgan fingerprint density at radius 3 is 2.45 bits per heavy atom. The number of carbonyl (C=O) groups is 2. The molecule has 0 bridgehead atoms. The lowest BCUT2D eigenvalue weighted by Gasteiger charge is -2.35. The number of hydrogen-bond donors (Lipinski definition) is 1. The van der Waals surface area contributed by atoms with Crippen LogP contribution >= 0.6 is 0 Å². The summed E-state index contributed by atoms with van der Waals surface area (Å²) in [4.78, 5) is 33.5. The highest BCUT2D eigenvalue weighted by Gasteiger charge is 2.25. The summed E-state index contributed by atoms with van der Waals surface area (Å²) < 4.78 is 2.14. The van der Waals surface area contributed by atoms with Crippen molar-refractivity contribution in [2.24, 2.45) is 0 Å². The monoisotopic (exact) mass is 419 g/mol. The average Bonchev–Trinajstić information content (AvgIpc) is 3.09. The van der Waals surface area contributed by atoms with E-state index in [1.807, 2.05) is 60.4 Å². The first kappa shape index (κ1) is 21.1. The summed E-state index contributed by atoms with van der Waals surface area (Å²) in [6.45, 7) is 7.38. The molecule has 31 heavy (non-hydrogen) atoms. The predicted octanol–water partition coefficient (Wildman–Crippen LogP) is 2.55. The fourth-order valence-corrected chi connectivity index (χ4v) is 4.21. The fourth-order valence-electron chi connectivity index (χ4n) is 4.21. The third-order valence-corrected chi connectivity index (χ3v) is 5.89. The normalized spacial score (nSPS) is 15.7. The smallest absolute Gasteiger partial charge is 0.225 e. The molecule has 1 aromatic carbocycles. The van der Waals surface area contributed by atoms with E-state index >= 15 is 0 Å². The van der Waals surface area contributed by atoms with Crippen LogP contribution in [0.4, 0.5) is 0 Å². The SMILES string of the molecule is CC(=O)NC(CC(=O)N1CCN(Cc2c(C)nc3ccccn23)CC1)c1ccccc1. The minimum absolute atomic E-state index is 0.0771. The molecular weight excluding hydrogens is 390 g/mol. The molecule has 1 atom stereocenters. The van der Waals surface area contributed by atoms with E-state index in [0.717, 1.165) is 36.5 Å². The Bertz CT molecular complexity index is 1050. The molecule has 7 heteroatoms. The lowest BCUT2D eigenvalue weighted by molar-refractivity contribution is -0.133. The van der Waals surface area contributed by atoms with Crippen molar-refractivity contribution in [3.8, 4) is 0 Å². The van der Waals surface area contributed by atoms with E-state index in [9.17, 15) is 9.59 Å². The van der Waals surface area contributed by atoms with Gasteiger partial charge < -0.3 is 14.6 Å². The molecule has 0 aliphatic carbocycles. The zero-order valence-electron chi connectivity index (χ0n) is 18.1. The Kier molecular flexibility index (Phi) is 6.32. The molecule has 0 spiro atoms. The Morgan fingerprint density at radius 2 is 1.74 bits per heavy atom. The van der Waals surface area contributed by atoms with Gasteiger partial charge >= 0.3 is 0 Å². The van der Waals surface area contributed by atoms with Gasteiger partial charge in [0.15, 0.2) is 0 Å². The summed E-state index contributed by atoms with van der Waals surface area (Å²) in [7, 11) is 0. The molecule has 0 radical (unpaired) electrons. The second-order valence-corrected chi connectivity index (χ2v) is 8.10. The van der Waals surface area contributed by atoms with Crippen molar-refractivity contribution in [2.75, 3.05) is 26.2 Å². The number of piperazine rings is 1. The van der Waals surface area contributed by atoms with Crippen LogP contribution < -0.4 is 5.32 Å². The fraction of sp³-hybridized carbons (Fsp3) is 0.375. The van der Waals surface area contributed by atoms with Crippen LogP contribution in [0.2, 0.25) is 0 Å². The summed E-state index contributed by atoms with van der Waals surface area (Å²) in [5.41, 5.74) is 4.16. The third-order valence-electron chi connectivity index (χ3n) is 5.89. The van der Waals surface area contributed by atoms with E-state index in [4.69, 9.17) is 0 Å². The predicted molar refractivity (Wildman–Crippen MR) is 119 cm³/mol. The number of carbonyl (C=O) groups excluding carboxylic acids is 2. The van der Waals surface area contributed by atoms with E-state index in [-0.39, 0.29) is 24.3 Å². The summed E-state index contributed by atoms with van der Waals surface area (Å²) in [5, 5.41) is 2.92. The van der Waals surface area contributed by atoms with Crippen LogP contribution in [0.3, 0.4) is 0 Å². The maximum atomic E-state index is 13.0. The number of aromatic nitrogens is 2. The van der Waals surface area contributed by atoms with Gasteiger partial charge in [0.1, 0.15) is 5.65 Å². The van der Waals surface area contributed by atoms with Crippen molar-refractivity contribution < 1.29 is 9.59 Å². The van der Waals surface area contributed by atoms with E-state index in [1.165, 1.54) is 12.6 Å². The Labute approximate surface area is 182 Å². The van der Waals surface area contributed by atoms with Crippen LogP contribution in [0.25, 0.3) is 5.65 Å². The number of hydrogen-bond acceptors (Lipinski definition) is 4. The summed E-state index contributed by atoms with van der Waals surface area (Å²) in [5.74, 6) is -0.0527. The van der Waals surface area contributed by atoms with Crippen LogP contribution in [0.5, 0.6) is 0 Å². The third kappa shape index (κ3) is 4.94. The van der Waals surface area contributed by atoms with Gasteiger partial charge in [-0.25, -0.2) is 4.98 Å². The number of rotatable bonds is 6. The number of imidazole rings is 1. The summed E-state index contributed by atoms with van der Waals surface area (Å²) in [6.07, 6.45) is 2.33. The van der Waals surface area contributed by atoms with Gasteiger partial charge in [-0.1, -0.05) is 36.4 Å². The van der Waals surface area contributed by atoms with Gasteiger partial charge in [-0.15, -0.1) is 0 Å². The molecule has 7 nitrogen and oxygen atoms in total. The molecule has 162 valence electrons. The van der Waals surface area contributed by atoms with Crippen LogP contribution in [-0.2, 0) is 16.1 Å². The number of fused-ring (bicyclic) bond motifs is 1. The van der Waals surface area contributed by atoms with Crippen molar-refractivity contribution in [1.82, 2.24) is 24.5 Å². The first-order chi connectivity index (χ1) is 15.0. The van der Waals surface area contributed by atoms with Gasteiger partial charge in [-0.05, 0) is 24.6 Å². The first-order valence-electron chi connectivity index (χ1n) is 10.8. The van der Waals surface area contributed by atoms with E-state index in [0.29, 0.717) is 13.1 Å². The van der Waals surface area contributed by atoms with E-state index in [1.54, 1.807) is 0 Å². The van der Waals surface area contributed by atoms with Crippen LogP contribution in [0.15, 0.2) is 54.7 Å². The number of nitrogens with one attached hydrogen (secondary N) is 1. The molecule has 2 aromatic heterocycles. The average molecular weight is 420 g/mol. The number of pyridine rings is 1. The van der Waals surface area contributed by atoms with Crippen molar-refractivity contribution in [3.63, 3.8) is 0 Å². The standard InChI is InChI=1S/C24H29N5O2/c1-18-22(29-11-7-6-10-23(29)25-18)17-27-12-14-28(15-13-27)24(31)16-21(26-19(2)30)20-8-4-3-5-9-20/h3-11,21H,12-17H2,1-2H3,(H,26,30). The minimum Gasteiger partial charge on any atom is -0.349 e. The van der Waals surface area contributed by atoms with Crippen LogP contribution in [-0.4, -0.2) is 57.2 Å². The number of benzene rings is 1. The largest absolute Gasteiger partial charge is 0.349 e. The molecule has 1 unspecified atom stereocenters. The summed E-state index contributed by atoms with van der Waals surface area (Å²) in [6, 6.07) is 15.4. The van der Waals surface area contributed by atoms with E-state index < -0.39 is 0 Å². The van der Waals surface area contributed by atoms with Crippen molar-refractivity contribution in [2.45, 2.75) is 32.9 Å². The molecule has 3 aromatic rings. The molecular formula is C24H29N5O2. The second kappa shape index (κ2) is 9.31. The number of amides is 2. The second-order valence-electron chi connectivity index (χ2n) is 8.10. The van der Waals surface area contributed by atoms with Crippen molar-refractivity contribution >= 4 is 17.5 Å². The topological polar surface area (TPSA) is 70.0 Å². The molecule has 1 fully saturated rings. The maximum Gasteiger partial charge on any atom is 0.225 e. The van der Waals surface area contributed by atoms with Gasteiger partial charge in [0.25, 0.3) is 0 Å². The van der Waals surface area contributed by atoms with Gasteiger partial charge in [0.2, 0.25) is 11.8 Å². The molecule has 2 amide bonds. The zero-order chi connectivity index (χ0) is 21.8. The number of nitrogens with zero attached hydrogens (tertiary/aromatic N) is 4. The molecule has 1 saturated heterocycles. The Hall–Kier alpha value is -3.19. The van der Waals surface area contributed by atoms with Gasteiger partial charge in [-0.2, -0.15) is 0 Å². The van der Waals surface area contributed by atoms with E-state index in [2.05, 4.69) is 25.8 Å². The first-order valence-corrected chi connectivity index (χ1v) is 10.8. The van der Waals surface area contributed by atoms with Gasteiger partial charge in [0, 0.05) is 45.8 Å². The van der Waals surface area contributed by atoms with Gasteiger partial charge in [-0.3, -0.25) is 14.5 Å². The highest BCUT2D eigenvalue weighted by atomic mass is 16.2. The molecule has 1 aliphatic heterocycles. The van der Waals surface area contributed by atoms with Crippen LogP contribution in [0, 0.1) is 6.92 Å². The highest BCUT2D eigenvalue weighted by molar-refractivity contribution is 5.79. The molecule has 0 saturated carbocycles. The van der Waals surface area contributed by atoms with Crippen LogP contribution in [0.1, 0.15) is 36.3 Å². The lowest BCUT2D eigenvalue weighted by atomic mass is 10.0. The number of aryl methyl sites for hydroxylation is 1. The highest BCUT2D eigenvalue weighted by Crippen LogP contribution is 2.20. The molecule has 4 rings (SSSR count). The quantitative estimate of drug-likeness (QED) is 0.667. The van der Waals surface area contributed by atoms with Gasteiger partial charge in [0.05, 0.1) is 23.9 Å².